The molecule has 4 aromatic rings. The van der Waals surface area contributed by atoms with Crippen molar-refractivity contribution in [3.05, 3.63) is 66.0 Å². The van der Waals surface area contributed by atoms with Gasteiger partial charge in [-0.25, -0.2) is 4.98 Å². The number of alkyl halides is 3. The summed E-state index contributed by atoms with van der Waals surface area (Å²) in [6.07, 6.45) is -5.77. The van der Waals surface area contributed by atoms with E-state index >= 15 is 0 Å². The Balaban J connectivity index is 1.32. The average molecular weight is 692 g/mol. The molecule has 6 rings (SSSR count). The molecule has 2 aromatic heterocycles. The summed E-state index contributed by atoms with van der Waals surface area (Å²) < 4.78 is 42.1. The van der Waals surface area contributed by atoms with Gasteiger partial charge in [0.15, 0.2) is 17.0 Å². The molecule has 2 aliphatic rings. The lowest BCUT2D eigenvalue weighted by Crippen LogP contribution is -2.51. The SMILES string of the molecule is CCCN(C(=O)C(F)(F)F)[C@H]1C[C@@H](n2cnc3c(NCc4ccc(-c5ccccc5C#N)cc4)nc(N4CC[C@@H](N(C)C)C4)nc32)[C@H](O)[C@@H]1O. The highest BCUT2D eigenvalue weighted by Gasteiger charge is 2.51. The van der Waals surface area contributed by atoms with Crippen LogP contribution in [0, 0.1) is 11.3 Å². The Labute approximate surface area is 287 Å². The second-order valence-corrected chi connectivity index (χ2v) is 13.1. The molecule has 3 N–H and O–H groups in total. The summed E-state index contributed by atoms with van der Waals surface area (Å²) in [5, 5.41) is 35.1. The summed E-state index contributed by atoms with van der Waals surface area (Å²) in [5.74, 6) is -1.19. The maximum absolute atomic E-state index is 13.5. The number of anilines is 2. The number of rotatable bonds is 10. The van der Waals surface area contributed by atoms with Crippen LogP contribution in [0.3, 0.4) is 0 Å². The molecule has 1 aliphatic heterocycles. The number of carbonyl (C=O) groups excluding carboxylic acids is 1. The van der Waals surface area contributed by atoms with E-state index in [0.717, 1.165) is 23.1 Å². The number of halogens is 3. The van der Waals surface area contributed by atoms with Crippen LogP contribution in [0.1, 0.15) is 43.4 Å². The summed E-state index contributed by atoms with van der Waals surface area (Å²) in [4.78, 5) is 31.4. The molecule has 12 nitrogen and oxygen atoms in total. The number of carbonyl (C=O) groups is 1. The van der Waals surface area contributed by atoms with Gasteiger partial charge >= 0.3 is 12.1 Å². The van der Waals surface area contributed by atoms with Gasteiger partial charge in [0.25, 0.3) is 0 Å². The number of nitriles is 1. The number of nitrogens with zero attached hydrogens (tertiary/aromatic N) is 8. The van der Waals surface area contributed by atoms with Crippen LogP contribution in [0.25, 0.3) is 22.3 Å². The topological polar surface area (TPSA) is 147 Å². The van der Waals surface area contributed by atoms with Gasteiger partial charge in [0.05, 0.1) is 30.0 Å². The van der Waals surface area contributed by atoms with Gasteiger partial charge in [0.1, 0.15) is 12.2 Å². The van der Waals surface area contributed by atoms with Gasteiger partial charge in [-0.1, -0.05) is 49.4 Å². The zero-order valence-corrected chi connectivity index (χ0v) is 28.0. The highest BCUT2D eigenvalue weighted by molar-refractivity contribution is 5.85. The normalized spacial score (nSPS) is 22.3. The summed E-state index contributed by atoms with van der Waals surface area (Å²) in [6, 6.07) is 15.5. The minimum Gasteiger partial charge on any atom is -0.388 e. The first kappa shape index (κ1) is 35.1. The average Bonchev–Trinajstić information content (AvgIpc) is 3.84. The lowest BCUT2D eigenvalue weighted by Gasteiger charge is -2.31. The van der Waals surface area contributed by atoms with E-state index in [0.29, 0.717) is 53.0 Å². The van der Waals surface area contributed by atoms with E-state index in [1.807, 2.05) is 56.6 Å². The van der Waals surface area contributed by atoms with E-state index in [1.54, 1.807) is 17.6 Å². The molecule has 1 saturated heterocycles. The number of nitrogens with one attached hydrogen (secondary N) is 1. The van der Waals surface area contributed by atoms with Crippen molar-refractivity contribution >= 4 is 28.8 Å². The molecular formula is C35H40F3N9O3. The van der Waals surface area contributed by atoms with E-state index in [2.05, 4.69) is 26.2 Å². The van der Waals surface area contributed by atoms with Crippen molar-refractivity contribution in [2.24, 2.45) is 0 Å². The standard InChI is InChI=1S/C35H40F3N9O3/c1-4-14-46(33(50)35(36,37)38)26-16-27(30(49)29(26)48)47-20-41-28-31(42-34(43-32(28)47)45-15-13-24(19-45)44(2)3)40-18-21-9-11-22(12-10-21)25-8-6-5-7-23(25)17-39/h5-12,20,24,26-27,29-30,48-49H,4,13-16,18-19H2,1-3H3,(H,40,42,43)/t24-,26+,27-,29-,30+/m1/s1. The number of hydrogen-bond acceptors (Lipinski definition) is 10. The van der Waals surface area contributed by atoms with Gasteiger partial charge < -0.3 is 34.8 Å². The van der Waals surface area contributed by atoms with E-state index in [-0.39, 0.29) is 25.4 Å². The fourth-order valence-corrected chi connectivity index (χ4v) is 6.97. The largest absolute Gasteiger partial charge is 0.471 e. The molecule has 5 atom stereocenters. The Hall–Kier alpha value is -4.78. The third-order valence-electron chi connectivity index (χ3n) is 9.71. The second-order valence-electron chi connectivity index (χ2n) is 13.1. The quantitative estimate of drug-likeness (QED) is 0.224. The van der Waals surface area contributed by atoms with Gasteiger partial charge in [0.2, 0.25) is 5.95 Å². The number of aromatic nitrogens is 4. The van der Waals surface area contributed by atoms with E-state index in [9.17, 15) is 33.4 Å². The molecule has 264 valence electrons. The van der Waals surface area contributed by atoms with Crippen LogP contribution >= 0.6 is 0 Å². The van der Waals surface area contributed by atoms with Gasteiger partial charge in [-0.05, 0) is 56.1 Å². The molecule has 15 heteroatoms. The maximum atomic E-state index is 13.5. The molecule has 2 aromatic carbocycles. The van der Waals surface area contributed by atoms with Crippen LogP contribution in [-0.2, 0) is 11.3 Å². The molecule has 0 spiro atoms. The highest BCUT2D eigenvalue weighted by Crippen LogP contribution is 2.38. The highest BCUT2D eigenvalue weighted by atomic mass is 19.4. The first-order valence-corrected chi connectivity index (χ1v) is 16.6. The van der Waals surface area contributed by atoms with Crippen molar-refractivity contribution in [1.82, 2.24) is 29.3 Å². The zero-order chi connectivity index (χ0) is 35.7. The molecule has 3 heterocycles. The molecule has 0 bridgehead atoms. The number of fused-ring (bicyclic) bond motifs is 1. The summed E-state index contributed by atoms with van der Waals surface area (Å²) in [6.45, 7) is 3.17. The van der Waals surface area contributed by atoms with Crippen molar-refractivity contribution in [2.45, 2.75) is 69.2 Å². The Morgan fingerprint density at radius 1 is 1.10 bits per heavy atom. The Morgan fingerprint density at radius 2 is 1.84 bits per heavy atom. The number of aliphatic hydroxyl groups is 2. The van der Waals surface area contributed by atoms with Gasteiger partial charge in [0, 0.05) is 32.2 Å². The number of hydrogen-bond donors (Lipinski definition) is 3. The van der Waals surface area contributed by atoms with E-state index in [1.165, 1.54) is 6.33 Å². The van der Waals surface area contributed by atoms with Crippen LogP contribution in [-0.4, -0.2) is 110 Å². The Kier molecular flexibility index (Phi) is 9.97. The van der Waals surface area contributed by atoms with Gasteiger partial charge in [-0.15, -0.1) is 0 Å². The zero-order valence-electron chi connectivity index (χ0n) is 28.0. The molecular weight excluding hydrogens is 651 g/mol. The van der Waals surface area contributed by atoms with Gasteiger partial charge in [-0.2, -0.15) is 28.4 Å². The van der Waals surface area contributed by atoms with Crippen LogP contribution in [0.2, 0.25) is 0 Å². The van der Waals surface area contributed by atoms with Crippen LogP contribution < -0.4 is 10.2 Å². The first-order valence-electron chi connectivity index (χ1n) is 16.6. The maximum Gasteiger partial charge on any atom is 0.471 e. The molecule has 1 amide bonds. The first-order chi connectivity index (χ1) is 23.9. The van der Waals surface area contributed by atoms with Gasteiger partial charge in [-0.3, -0.25) is 4.79 Å². The Bertz CT molecular complexity index is 1880. The number of benzene rings is 2. The fourth-order valence-electron chi connectivity index (χ4n) is 6.97. The molecule has 2 fully saturated rings. The summed E-state index contributed by atoms with van der Waals surface area (Å²) in [5.41, 5.74) is 4.00. The van der Waals surface area contributed by atoms with E-state index in [4.69, 9.17) is 9.97 Å². The van der Waals surface area contributed by atoms with Crippen molar-refractivity contribution in [2.75, 3.05) is 43.9 Å². The van der Waals surface area contributed by atoms with Crippen LogP contribution in [0.4, 0.5) is 24.9 Å². The molecule has 1 saturated carbocycles. The number of imidazole rings is 1. The minimum absolute atomic E-state index is 0.134. The lowest BCUT2D eigenvalue weighted by molar-refractivity contribution is -0.190. The second kappa shape index (κ2) is 14.2. The number of aliphatic hydroxyl groups excluding tert-OH is 2. The summed E-state index contributed by atoms with van der Waals surface area (Å²) >= 11 is 0. The predicted molar refractivity (Wildman–Crippen MR) is 181 cm³/mol. The van der Waals surface area contributed by atoms with Crippen molar-refractivity contribution in [3.63, 3.8) is 0 Å². The lowest BCUT2D eigenvalue weighted by atomic mass is 9.99. The van der Waals surface area contributed by atoms with Crippen molar-refractivity contribution in [1.29, 1.82) is 5.26 Å². The molecule has 0 radical (unpaired) electrons. The minimum atomic E-state index is -5.12. The third kappa shape index (κ3) is 6.83. The van der Waals surface area contributed by atoms with Crippen LogP contribution in [0.15, 0.2) is 54.9 Å². The van der Waals surface area contributed by atoms with Crippen molar-refractivity contribution in [3.8, 4) is 17.2 Å². The molecule has 1 aliphatic carbocycles. The Morgan fingerprint density at radius 3 is 2.50 bits per heavy atom. The van der Waals surface area contributed by atoms with E-state index < -0.39 is 36.4 Å². The fraction of sp³-hybridized carbons (Fsp3) is 0.457. The number of likely N-dealkylation sites (N-methyl/N-ethyl adjacent to an activating group) is 1. The monoisotopic (exact) mass is 691 g/mol. The predicted octanol–water partition coefficient (Wildman–Crippen LogP) is 3.95. The third-order valence-corrected chi connectivity index (χ3v) is 9.71. The summed E-state index contributed by atoms with van der Waals surface area (Å²) in [7, 11) is 4.03. The smallest absolute Gasteiger partial charge is 0.388 e. The number of amides is 1. The molecule has 50 heavy (non-hydrogen) atoms. The van der Waals surface area contributed by atoms with Crippen LogP contribution in [0.5, 0.6) is 0 Å². The molecule has 0 unspecified atom stereocenters. The van der Waals surface area contributed by atoms with Crippen molar-refractivity contribution < 1.29 is 28.2 Å².